The minimum atomic E-state index is 0.158. The molecule has 26 heavy (non-hydrogen) atoms. The quantitative estimate of drug-likeness (QED) is 0.622. The third-order valence-electron chi connectivity index (χ3n) is 4.33. The van der Waals surface area contributed by atoms with Crippen LogP contribution in [0.3, 0.4) is 0 Å². The number of hydrogen-bond acceptors (Lipinski definition) is 6. The number of aromatic nitrogens is 4. The van der Waals surface area contributed by atoms with Gasteiger partial charge in [0.25, 0.3) is 0 Å². The summed E-state index contributed by atoms with van der Waals surface area (Å²) in [6, 6.07) is 7.56. The molecule has 4 heterocycles. The van der Waals surface area contributed by atoms with Gasteiger partial charge in [0.15, 0.2) is 11.0 Å². The Bertz CT molecular complexity index is 857. The number of nitrogens with zero attached hydrogens (tertiary/aromatic N) is 5. The summed E-state index contributed by atoms with van der Waals surface area (Å²) in [7, 11) is 0. The van der Waals surface area contributed by atoms with Gasteiger partial charge in [0.1, 0.15) is 5.76 Å². The second-order valence-corrected chi connectivity index (χ2v) is 7.03. The molecule has 0 radical (unpaired) electrons. The second-order valence-electron chi connectivity index (χ2n) is 6.08. The Morgan fingerprint density at radius 2 is 1.96 bits per heavy atom. The van der Waals surface area contributed by atoms with Crippen LogP contribution in [0.1, 0.15) is 18.6 Å². The van der Waals surface area contributed by atoms with Crippen LogP contribution in [0.25, 0.3) is 11.4 Å². The van der Waals surface area contributed by atoms with Gasteiger partial charge in [-0.3, -0.25) is 14.3 Å². The lowest BCUT2D eigenvalue weighted by Gasteiger charge is -2.14. The van der Waals surface area contributed by atoms with Crippen molar-refractivity contribution in [3.63, 3.8) is 0 Å². The van der Waals surface area contributed by atoms with Crippen molar-refractivity contribution < 1.29 is 9.21 Å². The second kappa shape index (κ2) is 7.74. The largest absolute Gasteiger partial charge is 0.467 e. The highest BCUT2D eigenvalue weighted by Crippen LogP contribution is 2.25. The molecule has 0 saturated carbocycles. The number of rotatable bonds is 6. The summed E-state index contributed by atoms with van der Waals surface area (Å²) >= 11 is 1.42. The fourth-order valence-corrected chi connectivity index (χ4v) is 3.84. The van der Waals surface area contributed by atoms with E-state index >= 15 is 0 Å². The van der Waals surface area contributed by atoms with E-state index in [4.69, 9.17) is 4.42 Å². The van der Waals surface area contributed by atoms with Crippen molar-refractivity contribution in [3.05, 3.63) is 48.7 Å². The maximum Gasteiger partial charge on any atom is 0.233 e. The molecule has 0 aliphatic carbocycles. The lowest BCUT2D eigenvalue weighted by Crippen LogP contribution is -2.29. The van der Waals surface area contributed by atoms with Gasteiger partial charge in [-0.05, 0) is 37.1 Å². The van der Waals surface area contributed by atoms with Crippen molar-refractivity contribution in [2.24, 2.45) is 0 Å². The van der Waals surface area contributed by atoms with E-state index in [0.29, 0.717) is 17.5 Å². The van der Waals surface area contributed by atoms with Gasteiger partial charge in [0, 0.05) is 31.0 Å². The first kappa shape index (κ1) is 16.8. The molecule has 8 heteroatoms. The van der Waals surface area contributed by atoms with Crippen LogP contribution in [0.2, 0.25) is 0 Å². The summed E-state index contributed by atoms with van der Waals surface area (Å²) in [4.78, 5) is 18.3. The van der Waals surface area contributed by atoms with E-state index in [-0.39, 0.29) is 5.91 Å². The van der Waals surface area contributed by atoms with E-state index in [1.165, 1.54) is 11.8 Å². The van der Waals surface area contributed by atoms with Gasteiger partial charge in [-0.15, -0.1) is 10.2 Å². The summed E-state index contributed by atoms with van der Waals surface area (Å²) in [6.45, 7) is 2.24. The molecule has 0 spiro atoms. The molecule has 3 aromatic heterocycles. The molecular weight excluding hydrogens is 350 g/mol. The zero-order valence-electron chi connectivity index (χ0n) is 14.2. The number of carbonyl (C=O) groups is 1. The van der Waals surface area contributed by atoms with Crippen molar-refractivity contribution in [1.29, 1.82) is 0 Å². The fraction of sp³-hybridized carbons (Fsp3) is 0.333. The molecule has 1 amide bonds. The molecule has 134 valence electrons. The molecule has 0 N–H and O–H groups in total. The Hall–Kier alpha value is -2.61. The lowest BCUT2D eigenvalue weighted by molar-refractivity contribution is -0.127. The third kappa shape index (κ3) is 3.65. The topological polar surface area (TPSA) is 77.0 Å². The van der Waals surface area contributed by atoms with Crippen LogP contribution in [-0.4, -0.2) is 49.4 Å². The van der Waals surface area contributed by atoms with Crippen LogP contribution in [0.15, 0.2) is 52.5 Å². The Morgan fingerprint density at radius 3 is 2.69 bits per heavy atom. The smallest absolute Gasteiger partial charge is 0.233 e. The van der Waals surface area contributed by atoms with Gasteiger partial charge in [-0.2, -0.15) is 0 Å². The molecule has 0 atom stereocenters. The summed E-state index contributed by atoms with van der Waals surface area (Å²) in [5.74, 6) is 2.07. The van der Waals surface area contributed by atoms with Crippen LogP contribution < -0.4 is 0 Å². The van der Waals surface area contributed by atoms with Crippen molar-refractivity contribution in [2.75, 3.05) is 18.8 Å². The van der Waals surface area contributed by atoms with E-state index in [9.17, 15) is 4.79 Å². The van der Waals surface area contributed by atoms with Gasteiger partial charge in [-0.25, -0.2) is 0 Å². The van der Waals surface area contributed by atoms with Crippen LogP contribution in [0.4, 0.5) is 0 Å². The Labute approximate surface area is 155 Å². The maximum atomic E-state index is 12.3. The number of furan rings is 1. The first-order chi connectivity index (χ1) is 12.8. The van der Waals surface area contributed by atoms with Crippen LogP contribution >= 0.6 is 11.8 Å². The zero-order chi connectivity index (χ0) is 17.8. The number of carbonyl (C=O) groups excluding carboxylic acids is 1. The number of amides is 1. The van der Waals surface area contributed by atoms with Crippen molar-refractivity contribution >= 4 is 17.7 Å². The van der Waals surface area contributed by atoms with Gasteiger partial charge >= 0.3 is 0 Å². The highest BCUT2D eigenvalue weighted by atomic mass is 32.2. The standard InChI is InChI=1S/C18H19N5O2S/c24-16(22-9-1-2-10-22)13-26-18-21-20-17(14-5-7-19-8-6-14)23(18)12-15-4-3-11-25-15/h3-8,11H,1-2,9-10,12-13H2. The summed E-state index contributed by atoms with van der Waals surface area (Å²) < 4.78 is 7.47. The SMILES string of the molecule is O=C(CSc1nnc(-c2ccncc2)n1Cc1ccco1)N1CCCC1. The molecule has 7 nitrogen and oxygen atoms in total. The third-order valence-corrected chi connectivity index (χ3v) is 5.28. The average molecular weight is 369 g/mol. The minimum Gasteiger partial charge on any atom is -0.467 e. The lowest BCUT2D eigenvalue weighted by atomic mass is 10.2. The van der Waals surface area contributed by atoms with E-state index in [2.05, 4.69) is 15.2 Å². The molecule has 1 aliphatic heterocycles. The Morgan fingerprint density at radius 1 is 1.15 bits per heavy atom. The first-order valence-electron chi connectivity index (χ1n) is 8.58. The summed E-state index contributed by atoms with van der Waals surface area (Å²) in [6.07, 6.45) is 7.29. The number of likely N-dealkylation sites (tertiary alicyclic amines) is 1. The predicted octanol–water partition coefficient (Wildman–Crippen LogP) is 2.70. The average Bonchev–Trinajstić information content (AvgIpc) is 3.43. The van der Waals surface area contributed by atoms with E-state index in [1.807, 2.05) is 33.7 Å². The molecule has 1 fully saturated rings. The summed E-state index contributed by atoms with van der Waals surface area (Å²) in [5, 5.41) is 9.36. The number of thioether (sulfide) groups is 1. The Kier molecular flexibility index (Phi) is 5.01. The molecule has 1 aliphatic rings. The maximum absolute atomic E-state index is 12.3. The highest BCUT2D eigenvalue weighted by Gasteiger charge is 2.21. The number of hydrogen-bond donors (Lipinski definition) is 0. The van der Waals surface area contributed by atoms with Crippen molar-refractivity contribution in [2.45, 2.75) is 24.5 Å². The van der Waals surface area contributed by atoms with Gasteiger partial charge in [0.2, 0.25) is 5.91 Å². The Balaban J connectivity index is 1.57. The molecular formula is C18H19N5O2S. The molecule has 1 saturated heterocycles. The number of pyridine rings is 1. The fourth-order valence-electron chi connectivity index (χ4n) is 3.00. The van der Waals surface area contributed by atoms with Crippen molar-refractivity contribution in [1.82, 2.24) is 24.6 Å². The predicted molar refractivity (Wildman–Crippen MR) is 97.6 cm³/mol. The molecule has 4 rings (SSSR count). The molecule has 0 bridgehead atoms. The molecule has 0 unspecified atom stereocenters. The minimum absolute atomic E-state index is 0.158. The van der Waals surface area contributed by atoms with Crippen LogP contribution in [0.5, 0.6) is 0 Å². The molecule has 0 aromatic carbocycles. The monoisotopic (exact) mass is 369 g/mol. The normalized spacial score (nSPS) is 14.1. The zero-order valence-corrected chi connectivity index (χ0v) is 15.1. The van der Waals surface area contributed by atoms with Gasteiger partial charge in [0.05, 0.1) is 18.6 Å². The molecule has 3 aromatic rings. The van der Waals surface area contributed by atoms with E-state index < -0.39 is 0 Å². The van der Waals surface area contributed by atoms with Crippen LogP contribution in [-0.2, 0) is 11.3 Å². The van der Waals surface area contributed by atoms with E-state index in [1.54, 1.807) is 18.7 Å². The van der Waals surface area contributed by atoms with Gasteiger partial charge < -0.3 is 9.32 Å². The first-order valence-corrected chi connectivity index (χ1v) is 9.56. The van der Waals surface area contributed by atoms with Crippen LogP contribution in [0, 0.1) is 0 Å². The van der Waals surface area contributed by atoms with Crippen molar-refractivity contribution in [3.8, 4) is 11.4 Å². The van der Waals surface area contributed by atoms with E-state index in [0.717, 1.165) is 43.1 Å². The van der Waals surface area contributed by atoms with Gasteiger partial charge in [-0.1, -0.05) is 11.8 Å². The summed E-state index contributed by atoms with van der Waals surface area (Å²) in [5.41, 5.74) is 0.928. The highest BCUT2D eigenvalue weighted by molar-refractivity contribution is 7.99.